The van der Waals surface area contributed by atoms with Crippen molar-refractivity contribution in [2.45, 2.75) is 33.1 Å². The van der Waals surface area contributed by atoms with E-state index in [1.54, 1.807) is 39.0 Å². The maximum absolute atomic E-state index is 12.9. The molecule has 0 saturated heterocycles. The molecule has 0 spiro atoms. The largest absolute Gasteiger partial charge is 0.454 e. The number of amides is 1. The zero-order valence-electron chi connectivity index (χ0n) is 16.3. The number of ether oxygens (including phenoxy) is 1. The Morgan fingerprint density at radius 1 is 1.00 bits per heavy atom. The molecule has 0 aromatic heterocycles. The number of carbonyl (C=O) groups is 3. The van der Waals surface area contributed by atoms with Crippen LogP contribution in [0.4, 0.5) is 18.9 Å². The van der Waals surface area contributed by atoms with Gasteiger partial charge in [0.15, 0.2) is 0 Å². The number of hydrogen-bond acceptors (Lipinski definition) is 4. The van der Waals surface area contributed by atoms with Gasteiger partial charge < -0.3 is 10.1 Å². The van der Waals surface area contributed by atoms with Crippen LogP contribution in [0.5, 0.6) is 0 Å². The Bertz CT molecular complexity index is 953. The lowest BCUT2D eigenvalue weighted by Gasteiger charge is -2.23. The Balaban J connectivity index is 2.41. The van der Waals surface area contributed by atoms with Gasteiger partial charge in [0, 0.05) is 10.6 Å². The molecule has 0 radical (unpaired) electrons. The van der Waals surface area contributed by atoms with E-state index in [-0.39, 0.29) is 5.02 Å². The number of anilines is 1. The van der Waals surface area contributed by atoms with Crippen LogP contribution in [0.1, 0.15) is 42.8 Å². The van der Waals surface area contributed by atoms with Gasteiger partial charge in [-0.05, 0) is 39.0 Å². The van der Waals surface area contributed by atoms with E-state index in [1.165, 1.54) is 18.2 Å². The minimum atomic E-state index is -5.16. The summed E-state index contributed by atoms with van der Waals surface area (Å²) in [5.41, 5.74) is -1.84. The van der Waals surface area contributed by atoms with Crippen molar-refractivity contribution in [3.8, 4) is 0 Å². The molecule has 1 N–H and O–H groups in total. The number of Topliss-reactive ketones (excluding diaryl/α,β-unsaturated/α-hetero) is 1. The number of halogens is 4. The Kier molecular flexibility index (Phi) is 6.92. The van der Waals surface area contributed by atoms with Gasteiger partial charge in [-0.1, -0.05) is 41.9 Å². The van der Waals surface area contributed by atoms with Crippen LogP contribution in [0.15, 0.2) is 48.5 Å². The molecule has 0 bridgehead atoms. The van der Waals surface area contributed by atoms with Crippen molar-refractivity contribution >= 4 is 34.9 Å². The quantitative estimate of drug-likeness (QED) is 0.501. The summed E-state index contributed by atoms with van der Waals surface area (Å²) in [5, 5.41) is 2.14. The highest BCUT2D eigenvalue weighted by atomic mass is 35.5. The molecule has 9 heteroatoms. The monoisotopic (exact) mass is 441 g/mol. The highest BCUT2D eigenvalue weighted by Gasteiger charge is 2.41. The van der Waals surface area contributed by atoms with Crippen molar-refractivity contribution in [2.75, 3.05) is 5.32 Å². The molecule has 2 aromatic carbocycles. The van der Waals surface area contributed by atoms with Crippen LogP contribution in [-0.2, 0) is 14.3 Å². The summed E-state index contributed by atoms with van der Waals surface area (Å²) in [5.74, 6) is -3.77. The number of carbonyl (C=O) groups excluding carboxylic acids is 3. The van der Waals surface area contributed by atoms with E-state index in [0.29, 0.717) is 5.56 Å². The molecular formula is C21H19ClF3NO4. The van der Waals surface area contributed by atoms with Crippen LogP contribution in [-0.4, -0.2) is 23.8 Å². The second-order valence-electron chi connectivity index (χ2n) is 7.45. The van der Waals surface area contributed by atoms with Gasteiger partial charge in [0.25, 0.3) is 11.7 Å². The van der Waals surface area contributed by atoms with Crippen molar-refractivity contribution in [3.05, 3.63) is 64.7 Å². The highest BCUT2D eigenvalue weighted by molar-refractivity contribution is 6.31. The number of ketones is 1. The van der Waals surface area contributed by atoms with Gasteiger partial charge in [-0.3, -0.25) is 14.4 Å². The summed E-state index contributed by atoms with van der Waals surface area (Å²) in [6.45, 7) is 4.78. The fourth-order valence-corrected chi connectivity index (χ4v) is 2.52. The smallest absolute Gasteiger partial charge is 0.447 e. The van der Waals surface area contributed by atoms with Gasteiger partial charge in [-0.25, -0.2) is 0 Å². The number of benzene rings is 2. The van der Waals surface area contributed by atoms with Crippen LogP contribution in [0.2, 0.25) is 5.02 Å². The molecule has 2 aromatic rings. The number of esters is 1. The van der Waals surface area contributed by atoms with Gasteiger partial charge in [0.05, 0.1) is 16.7 Å². The minimum Gasteiger partial charge on any atom is -0.447 e. The fraction of sp³-hybridized carbons (Fsp3) is 0.286. The molecule has 0 heterocycles. The minimum absolute atomic E-state index is 0.112. The highest BCUT2D eigenvalue weighted by Crippen LogP contribution is 2.30. The summed E-state index contributed by atoms with van der Waals surface area (Å²) >= 11 is 5.72. The van der Waals surface area contributed by atoms with E-state index in [4.69, 9.17) is 16.3 Å². The van der Waals surface area contributed by atoms with Crippen molar-refractivity contribution in [2.24, 2.45) is 5.41 Å². The lowest BCUT2D eigenvalue weighted by molar-refractivity contribution is -0.162. The maximum Gasteiger partial charge on any atom is 0.454 e. The molecule has 0 aliphatic carbocycles. The molecule has 0 fully saturated rings. The average Bonchev–Trinajstić information content (AvgIpc) is 2.65. The maximum atomic E-state index is 12.9. The van der Waals surface area contributed by atoms with Crippen LogP contribution in [0.25, 0.3) is 0 Å². The Hall–Kier alpha value is -2.87. The number of hydrogen-bond donors (Lipinski definition) is 1. The van der Waals surface area contributed by atoms with E-state index in [2.05, 4.69) is 5.32 Å². The SMILES string of the molecule is CC(C)(C)C(=O)O[C@@H](C(=O)Nc1ccc(Cl)cc1C(=O)C(F)(F)F)c1ccccc1. The van der Waals surface area contributed by atoms with E-state index in [9.17, 15) is 27.6 Å². The van der Waals surface area contributed by atoms with Crippen molar-refractivity contribution in [3.63, 3.8) is 0 Å². The molecule has 160 valence electrons. The lowest BCUT2D eigenvalue weighted by Crippen LogP contribution is -2.32. The topological polar surface area (TPSA) is 72.5 Å². The second kappa shape index (κ2) is 8.87. The lowest BCUT2D eigenvalue weighted by atomic mass is 9.97. The molecule has 0 aliphatic rings. The molecular weight excluding hydrogens is 423 g/mol. The second-order valence-corrected chi connectivity index (χ2v) is 7.89. The van der Waals surface area contributed by atoms with Crippen LogP contribution < -0.4 is 5.32 Å². The van der Waals surface area contributed by atoms with Crippen molar-refractivity contribution in [1.82, 2.24) is 0 Å². The third-order valence-electron chi connectivity index (χ3n) is 3.92. The number of alkyl halides is 3. The average molecular weight is 442 g/mol. The summed E-state index contributed by atoms with van der Waals surface area (Å²) in [7, 11) is 0. The van der Waals surface area contributed by atoms with Gasteiger partial charge in [-0.15, -0.1) is 0 Å². The van der Waals surface area contributed by atoms with Crippen LogP contribution >= 0.6 is 11.6 Å². The zero-order chi connectivity index (χ0) is 22.7. The molecule has 0 saturated carbocycles. The van der Waals surface area contributed by atoms with Crippen LogP contribution in [0, 0.1) is 5.41 Å². The number of nitrogens with one attached hydrogen (secondary N) is 1. The molecule has 1 amide bonds. The van der Waals surface area contributed by atoms with Gasteiger partial charge in [0.2, 0.25) is 6.10 Å². The van der Waals surface area contributed by atoms with E-state index < -0.39 is 46.6 Å². The van der Waals surface area contributed by atoms with E-state index in [1.807, 2.05) is 0 Å². The number of rotatable bonds is 5. The fourth-order valence-electron chi connectivity index (χ4n) is 2.35. The van der Waals surface area contributed by atoms with Gasteiger partial charge >= 0.3 is 12.1 Å². The van der Waals surface area contributed by atoms with Crippen molar-refractivity contribution in [1.29, 1.82) is 0 Å². The normalized spacial score (nSPS) is 12.8. The molecule has 1 atom stereocenters. The Labute approximate surface area is 176 Å². The molecule has 0 unspecified atom stereocenters. The predicted octanol–water partition coefficient (Wildman–Crippen LogP) is 5.35. The van der Waals surface area contributed by atoms with E-state index >= 15 is 0 Å². The Morgan fingerprint density at radius 3 is 2.13 bits per heavy atom. The molecule has 5 nitrogen and oxygen atoms in total. The predicted molar refractivity (Wildman–Crippen MR) is 105 cm³/mol. The molecule has 30 heavy (non-hydrogen) atoms. The van der Waals surface area contributed by atoms with Gasteiger partial charge in [0.1, 0.15) is 0 Å². The van der Waals surface area contributed by atoms with Crippen LogP contribution in [0.3, 0.4) is 0 Å². The summed E-state index contributed by atoms with van der Waals surface area (Å²) in [6, 6.07) is 11.1. The standard InChI is InChI=1S/C21H19ClF3NO4/c1-20(2,3)19(29)30-16(12-7-5-4-6-8-12)18(28)26-15-10-9-13(22)11-14(15)17(27)21(23,24)25/h4-11,16H,1-3H3,(H,26,28)/t16-/m1/s1. The first kappa shape index (κ1) is 23.4. The Morgan fingerprint density at radius 2 is 1.60 bits per heavy atom. The third-order valence-corrected chi connectivity index (χ3v) is 4.15. The first-order chi connectivity index (χ1) is 13.8. The zero-order valence-corrected chi connectivity index (χ0v) is 17.1. The summed E-state index contributed by atoms with van der Waals surface area (Å²) < 4.78 is 44.2. The third kappa shape index (κ3) is 5.82. The molecule has 0 aliphatic heterocycles. The summed E-state index contributed by atoms with van der Waals surface area (Å²) in [6.07, 6.45) is -6.61. The first-order valence-electron chi connectivity index (χ1n) is 8.78. The molecule has 2 rings (SSSR count). The van der Waals surface area contributed by atoms with Gasteiger partial charge in [-0.2, -0.15) is 13.2 Å². The van der Waals surface area contributed by atoms with Crippen molar-refractivity contribution < 1.29 is 32.3 Å². The first-order valence-corrected chi connectivity index (χ1v) is 9.16. The van der Waals surface area contributed by atoms with E-state index in [0.717, 1.165) is 12.1 Å². The summed E-state index contributed by atoms with van der Waals surface area (Å²) in [4.78, 5) is 37.0.